The molecule has 1 aromatic rings. The van der Waals surface area contributed by atoms with Crippen LogP contribution in [0.3, 0.4) is 0 Å². The topological polar surface area (TPSA) is 37.3 Å². The zero-order valence-electron chi connectivity index (χ0n) is 7.17. The van der Waals surface area contributed by atoms with E-state index in [1.54, 1.807) is 12.1 Å². The molecule has 0 unspecified atom stereocenters. The number of halogens is 1. The third kappa shape index (κ3) is 2.10. The van der Waals surface area contributed by atoms with Crippen molar-refractivity contribution < 1.29 is 9.90 Å². The summed E-state index contributed by atoms with van der Waals surface area (Å²) < 4.78 is 0. The third-order valence-corrected chi connectivity index (χ3v) is 2.01. The number of rotatable bonds is 2. The Bertz CT molecular complexity index is 369. The molecule has 13 heavy (non-hydrogen) atoms. The molecule has 0 fully saturated rings. The summed E-state index contributed by atoms with van der Waals surface area (Å²) in [6.07, 6.45) is 0. The number of hydrogen-bond acceptors (Lipinski definition) is 1. The highest BCUT2D eigenvalue weighted by atomic mass is 35.5. The number of aromatic carboxylic acids is 1. The second-order valence-electron chi connectivity index (χ2n) is 2.78. The Labute approximate surface area is 81.5 Å². The molecule has 0 spiro atoms. The molecule has 0 bridgehead atoms. The van der Waals surface area contributed by atoms with E-state index in [4.69, 9.17) is 16.7 Å². The average molecular weight is 197 g/mol. The molecule has 0 saturated heterocycles. The Morgan fingerprint density at radius 3 is 2.54 bits per heavy atom. The van der Waals surface area contributed by atoms with E-state index in [-0.39, 0.29) is 10.6 Å². The summed E-state index contributed by atoms with van der Waals surface area (Å²) in [5.74, 6) is -1.02. The van der Waals surface area contributed by atoms with Crippen molar-refractivity contribution in [3.8, 4) is 0 Å². The maximum Gasteiger partial charge on any atom is 0.337 e. The van der Waals surface area contributed by atoms with E-state index >= 15 is 0 Å². The fourth-order valence-electron chi connectivity index (χ4n) is 0.954. The van der Waals surface area contributed by atoms with Crippen LogP contribution in [0.2, 0.25) is 5.02 Å². The minimum Gasteiger partial charge on any atom is -0.478 e. The van der Waals surface area contributed by atoms with Gasteiger partial charge in [-0.2, -0.15) is 0 Å². The first-order chi connectivity index (χ1) is 6.02. The summed E-state index contributed by atoms with van der Waals surface area (Å²) in [7, 11) is 0. The Kier molecular flexibility index (Phi) is 2.73. The van der Waals surface area contributed by atoms with Gasteiger partial charge in [0.05, 0.1) is 10.6 Å². The molecule has 0 aliphatic rings. The molecule has 2 nitrogen and oxygen atoms in total. The van der Waals surface area contributed by atoms with Gasteiger partial charge in [-0.25, -0.2) is 4.79 Å². The Morgan fingerprint density at radius 2 is 2.15 bits per heavy atom. The molecule has 0 heterocycles. The van der Waals surface area contributed by atoms with E-state index in [1.807, 2.05) is 6.92 Å². The van der Waals surface area contributed by atoms with Crippen LogP contribution < -0.4 is 0 Å². The normalized spacial score (nSPS) is 9.69. The largest absolute Gasteiger partial charge is 0.478 e. The Morgan fingerprint density at radius 1 is 1.54 bits per heavy atom. The summed E-state index contributed by atoms with van der Waals surface area (Å²) in [5, 5.41) is 8.93. The number of carbonyl (C=O) groups is 1. The summed E-state index contributed by atoms with van der Waals surface area (Å²) in [6, 6.07) is 4.78. The van der Waals surface area contributed by atoms with Crippen LogP contribution in [-0.2, 0) is 0 Å². The van der Waals surface area contributed by atoms with Crippen LogP contribution in [0.5, 0.6) is 0 Å². The van der Waals surface area contributed by atoms with E-state index < -0.39 is 5.97 Å². The van der Waals surface area contributed by atoms with Gasteiger partial charge in [0.25, 0.3) is 0 Å². The summed E-state index contributed by atoms with van der Waals surface area (Å²) >= 11 is 5.75. The van der Waals surface area contributed by atoms with Gasteiger partial charge in [-0.3, -0.25) is 0 Å². The first kappa shape index (κ1) is 9.81. The molecule has 0 amide bonds. The first-order valence-corrected chi connectivity index (χ1v) is 4.09. The van der Waals surface area contributed by atoms with Gasteiger partial charge < -0.3 is 5.11 Å². The highest BCUT2D eigenvalue weighted by Crippen LogP contribution is 2.21. The van der Waals surface area contributed by atoms with Gasteiger partial charge in [0, 0.05) is 0 Å². The third-order valence-electron chi connectivity index (χ3n) is 1.69. The van der Waals surface area contributed by atoms with Gasteiger partial charge in [0.2, 0.25) is 0 Å². The lowest BCUT2D eigenvalue weighted by molar-refractivity contribution is 0.0697. The molecular weight excluding hydrogens is 188 g/mol. The van der Waals surface area contributed by atoms with Crippen LogP contribution >= 0.6 is 11.6 Å². The minimum absolute atomic E-state index is 0.117. The van der Waals surface area contributed by atoms with Gasteiger partial charge >= 0.3 is 5.97 Å². The molecule has 1 N–H and O–H groups in total. The van der Waals surface area contributed by atoms with Gasteiger partial charge in [-0.1, -0.05) is 29.8 Å². The fourth-order valence-corrected chi connectivity index (χ4v) is 1.22. The lowest BCUT2D eigenvalue weighted by Gasteiger charge is -2.02. The van der Waals surface area contributed by atoms with Gasteiger partial charge in [-0.15, -0.1) is 0 Å². The minimum atomic E-state index is -1.02. The number of carboxylic acids is 1. The molecule has 0 atom stereocenters. The van der Waals surface area contributed by atoms with E-state index in [9.17, 15) is 4.79 Å². The molecule has 0 saturated carbocycles. The van der Waals surface area contributed by atoms with Crippen LogP contribution in [0, 0.1) is 0 Å². The van der Waals surface area contributed by atoms with Crippen molar-refractivity contribution in [1.29, 1.82) is 0 Å². The van der Waals surface area contributed by atoms with Crippen molar-refractivity contribution in [2.24, 2.45) is 0 Å². The van der Waals surface area contributed by atoms with Crippen LogP contribution in [-0.4, -0.2) is 11.1 Å². The first-order valence-electron chi connectivity index (χ1n) is 3.71. The van der Waals surface area contributed by atoms with Crippen LogP contribution in [0.25, 0.3) is 5.57 Å². The summed E-state index contributed by atoms with van der Waals surface area (Å²) in [5.41, 5.74) is 1.83. The molecule has 3 heteroatoms. The highest BCUT2D eigenvalue weighted by molar-refractivity contribution is 6.33. The Balaban J connectivity index is 3.20. The van der Waals surface area contributed by atoms with E-state index in [0.29, 0.717) is 0 Å². The van der Waals surface area contributed by atoms with Gasteiger partial charge in [0.1, 0.15) is 0 Å². The lowest BCUT2D eigenvalue weighted by Crippen LogP contribution is -1.97. The lowest BCUT2D eigenvalue weighted by atomic mass is 10.1. The maximum absolute atomic E-state index is 10.6. The van der Waals surface area contributed by atoms with Crippen molar-refractivity contribution in [3.05, 3.63) is 40.9 Å². The number of hydrogen-bond donors (Lipinski definition) is 1. The molecular formula is C10H9ClO2. The van der Waals surface area contributed by atoms with Gasteiger partial charge in [0.15, 0.2) is 0 Å². The summed E-state index contributed by atoms with van der Waals surface area (Å²) in [4.78, 5) is 10.6. The van der Waals surface area contributed by atoms with Crippen LogP contribution in [0.1, 0.15) is 22.8 Å². The second kappa shape index (κ2) is 3.62. The van der Waals surface area contributed by atoms with Crippen LogP contribution in [0.15, 0.2) is 24.8 Å². The SMILES string of the molecule is C=C(C)c1ccc(C(=O)O)c(Cl)c1. The monoisotopic (exact) mass is 196 g/mol. The molecule has 68 valence electrons. The summed E-state index contributed by atoms with van der Waals surface area (Å²) in [6.45, 7) is 5.57. The maximum atomic E-state index is 10.6. The zero-order chi connectivity index (χ0) is 10.0. The van der Waals surface area contributed by atoms with Crippen molar-refractivity contribution >= 4 is 23.1 Å². The standard InChI is InChI=1S/C10H9ClO2/c1-6(2)7-3-4-8(10(12)13)9(11)5-7/h3-5H,1H2,2H3,(H,12,13). The van der Waals surface area contributed by atoms with Crippen molar-refractivity contribution in [2.45, 2.75) is 6.92 Å². The molecule has 1 aromatic carbocycles. The Hall–Kier alpha value is -1.28. The predicted octanol–water partition coefficient (Wildman–Crippen LogP) is 3.07. The second-order valence-corrected chi connectivity index (χ2v) is 3.19. The molecule has 0 aliphatic carbocycles. The molecule has 0 aliphatic heterocycles. The van der Waals surface area contributed by atoms with Gasteiger partial charge in [-0.05, 0) is 24.6 Å². The zero-order valence-corrected chi connectivity index (χ0v) is 7.93. The van der Waals surface area contributed by atoms with E-state index in [1.165, 1.54) is 6.07 Å². The van der Waals surface area contributed by atoms with E-state index in [0.717, 1.165) is 11.1 Å². The van der Waals surface area contributed by atoms with E-state index in [2.05, 4.69) is 6.58 Å². The quantitative estimate of drug-likeness (QED) is 0.790. The highest BCUT2D eigenvalue weighted by Gasteiger charge is 2.08. The average Bonchev–Trinajstić information content (AvgIpc) is 2.03. The molecule has 0 radical (unpaired) electrons. The van der Waals surface area contributed by atoms with Crippen molar-refractivity contribution in [1.82, 2.24) is 0 Å². The number of benzene rings is 1. The molecule has 1 rings (SSSR count). The predicted molar refractivity (Wildman–Crippen MR) is 53.1 cm³/mol. The van der Waals surface area contributed by atoms with Crippen molar-refractivity contribution in [2.75, 3.05) is 0 Å². The fraction of sp³-hybridized carbons (Fsp3) is 0.100. The number of allylic oxidation sites excluding steroid dienone is 1. The molecule has 0 aromatic heterocycles. The van der Waals surface area contributed by atoms with Crippen molar-refractivity contribution in [3.63, 3.8) is 0 Å². The smallest absolute Gasteiger partial charge is 0.337 e. The number of carboxylic acid groups (broad SMARTS) is 1. The van der Waals surface area contributed by atoms with Crippen LogP contribution in [0.4, 0.5) is 0 Å².